The quantitative estimate of drug-likeness (QED) is 0.221. The van der Waals surface area contributed by atoms with E-state index in [4.69, 9.17) is 9.47 Å². The van der Waals surface area contributed by atoms with Gasteiger partial charge in [-0.1, -0.05) is 97.1 Å². The molecule has 0 saturated heterocycles. The predicted molar refractivity (Wildman–Crippen MR) is 165 cm³/mol. The lowest BCUT2D eigenvalue weighted by atomic mass is 9.98. The number of alkyl carbamates (subject to hydrolysis) is 1. The van der Waals surface area contributed by atoms with Crippen LogP contribution in [0.4, 0.5) is 4.79 Å². The molecule has 0 radical (unpaired) electrons. The number of hydrogen-bond donors (Lipinski definition) is 2. The maximum atomic E-state index is 12.8. The fourth-order valence-corrected chi connectivity index (χ4v) is 6.36. The molecule has 0 aliphatic heterocycles. The molecule has 0 bridgehead atoms. The normalized spacial score (nSPS) is 13.7. The van der Waals surface area contributed by atoms with Crippen LogP contribution in [0.1, 0.15) is 53.4 Å². The van der Waals surface area contributed by atoms with Crippen LogP contribution in [-0.4, -0.2) is 44.3 Å². The number of benzene rings is 4. The van der Waals surface area contributed by atoms with Crippen LogP contribution >= 0.6 is 0 Å². The first-order valence-electron chi connectivity index (χ1n) is 14.7. The first kappa shape index (κ1) is 28.2. The minimum Gasteiger partial charge on any atom is -0.465 e. The Bertz CT molecular complexity index is 1570. The van der Waals surface area contributed by atoms with Gasteiger partial charge in [-0.05, 0) is 57.3 Å². The van der Waals surface area contributed by atoms with Crippen molar-refractivity contribution in [2.45, 2.75) is 37.1 Å². The van der Waals surface area contributed by atoms with E-state index in [2.05, 4.69) is 59.2 Å². The van der Waals surface area contributed by atoms with Gasteiger partial charge in [0.15, 0.2) is 0 Å². The first-order valence-corrected chi connectivity index (χ1v) is 14.7. The summed E-state index contributed by atoms with van der Waals surface area (Å²) < 4.78 is 11.3. The zero-order valence-electron chi connectivity index (χ0n) is 24.0. The van der Waals surface area contributed by atoms with Gasteiger partial charge in [0.2, 0.25) is 5.91 Å². The number of hydrogen-bond acceptors (Lipinski definition) is 5. The number of fused-ring (bicyclic) bond motifs is 6. The van der Waals surface area contributed by atoms with Crippen LogP contribution in [0.3, 0.4) is 0 Å². The average molecular weight is 575 g/mol. The number of esters is 1. The topological polar surface area (TPSA) is 93.7 Å². The number of likely N-dealkylation sites (N-methyl/N-ethyl adjacent to an activating group) is 1. The standard InChI is InChI=1S/C36H34N2O5/c1-37-35(40)33(38-36(41)43-22-32-29-17-8-4-13-25(29)26-14-5-9-18-30(26)32)19-10-20-34(39)42-21-31-27-15-6-2-11-23(27)24-12-3-7-16-28(24)31/h2-9,11-18,31-33H,10,19-22H2,1H3,(H,37,40)(H,38,41)/t33-/m0/s1. The predicted octanol–water partition coefficient (Wildman–Crippen LogP) is 6.17. The Morgan fingerprint density at radius 2 is 1.07 bits per heavy atom. The Morgan fingerprint density at radius 1 is 0.651 bits per heavy atom. The van der Waals surface area contributed by atoms with Crippen LogP contribution in [0.25, 0.3) is 22.3 Å². The smallest absolute Gasteiger partial charge is 0.407 e. The molecular weight excluding hydrogens is 540 g/mol. The van der Waals surface area contributed by atoms with Gasteiger partial charge in [-0.3, -0.25) is 9.59 Å². The van der Waals surface area contributed by atoms with E-state index < -0.39 is 12.1 Å². The third-order valence-electron chi connectivity index (χ3n) is 8.45. The lowest BCUT2D eigenvalue weighted by Gasteiger charge is -2.19. The third-order valence-corrected chi connectivity index (χ3v) is 8.45. The molecule has 0 unspecified atom stereocenters. The number of amides is 2. The molecule has 2 aliphatic rings. The van der Waals surface area contributed by atoms with Crippen LogP contribution in [0.5, 0.6) is 0 Å². The highest BCUT2D eigenvalue weighted by Gasteiger charge is 2.31. The summed E-state index contributed by atoms with van der Waals surface area (Å²) in [4.78, 5) is 38.0. The Kier molecular flexibility index (Phi) is 8.22. The fourth-order valence-electron chi connectivity index (χ4n) is 6.36. The van der Waals surface area contributed by atoms with Gasteiger partial charge in [0, 0.05) is 25.3 Å². The zero-order chi connectivity index (χ0) is 29.8. The minimum atomic E-state index is -0.831. The molecule has 7 nitrogen and oxygen atoms in total. The number of nitrogens with one attached hydrogen (secondary N) is 2. The Morgan fingerprint density at radius 3 is 1.51 bits per heavy atom. The van der Waals surface area contributed by atoms with Gasteiger partial charge in [-0.2, -0.15) is 0 Å². The molecule has 2 N–H and O–H groups in total. The second-order valence-electron chi connectivity index (χ2n) is 10.9. The van der Waals surface area contributed by atoms with Crippen molar-refractivity contribution in [3.63, 3.8) is 0 Å². The Hall–Kier alpha value is -4.91. The Labute approximate surface area is 251 Å². The van der Waals surface area contributed by atoms with Gasteiger partial charge in [0.25, 0.3) is 0 Å². The van der Waals surface area contributed by atoms with Gasteiger partial charge in [-0.25, -0.2) is 4.79 Å². The summed E-state index contributed by atoms with van der Waals surface area (Å²) in [6, 6.07) is 31.8. The molecule has 0 fully saturated rings. The zero-order valence-corrected chi connectivity index (χ0v) is 24.0. The summed E-state index contributed by atoms with van der Waals surface area (Å²) in [5.74, 6) is -0.768. The van der Waals surface area contributed by atoms with Crippen LogP contribution in [-0.2, 0) is 19.1 Å². The van der Waals surface area contributed by atoms with E-state index in [9.17, 15) is 14.4 Å². The van der Waals surface area contributed by atoms with E-state index in [1.807, 2.05) is 48.5 Å². The summed E-state index contributed by atoms with van der Waals surface area (Å²) in [5.41, 5.74) is 9.17. The molecule has 0 heterocycles. The molecular formula is C36H34N2O5. The molecule has 43 heavy (non-hydrogen) atoms. The van der Waals surface area contributed by atoms with E-state index in [0.717, 1.165) is 33.4 Å². The number of ether oxygens (including phenoxy) is 2. The molecule has 2 aliphatic carbocycles. The molecule has 7 heteroatoms. The summed E-state index contributed by atoms with van der Waals surface area (Å²) >= 11 is 0. The van der Waals surface area contributed by atoms with Crippen LogP contribution in [0.15, 0.2) is 97.1 Å². The molecule has 6 rings (SSSR count). The molecule has 0 spiro atoms. The highest BCUT2D eigenvalue weighted by Crippen LogP contribution is 2.45. The monoisotopic (exact) mass is 574 g/mol. The molecule has 4 aromatic rings. The van der Waals surface area contributed by atoms with Crippen molar-refractivity contribution in [1.82, 2.24) is 10.6 Å². The lowest BCUT2D eigenvalue weighted by molar-refractivity contribution is -0.144. The SMILES string of the molecule is CNC(=O)[C@H](CCCC(=O)OCC1c2ccccc2-c2ccccc21)NC(=O)OCC1c2ccccc2-c2ccccc21. The van der Waals surface area contributed by atoms with Gasteiger partial charge in [-0.15, -0.1) is 0 Å². The molecule has 1 atom stereocenters. The van der Waals surface area contributed by atoms with Crippen molar-refractivity contribution in [2.24, 2.45) is 0 Å². The molecule has 0 saturated carbocycles. The van der Waals surface area contributed by atoms with Crippen molar-refractivity contribution in [2.75, 3.05) is 20.3 Å². The van der Waals surface area contributed by atoms with Gasteiger partial charge < -0.3 is 20.1 Å². The second-order valence-corrected chi connectivity index (χ2v) is 10.9. The van der Waals surface area contributed by atoms with Gasteiger partial charge in [0.05, 0.1) is 0 Å². The number of carbonyl (C=O) groups excluding carboxylic acids is 3. The van der Waals surface area contributed by atoms with Gasteiger partial charge >= 0.3 is 12.1 Å². The lowest BCUT2D eigenvalue weighted by Crippen LogP contribution is -2.46. The number of rotatable bonds is 10. The van der Waals surface area contributed by atoms with Crippen molar-refractivity contribution >= 4 is 18.0 Å². The van der Waals surface area contributed by atoms with Crippen LogP contribution in [0, 0.1) is 0 Å². The maximum absolute atomic E-state index is 12.8. The molecule has 2 amide bonds. The van der Waals surface area contributed by atoms with E-state index >= 15 is 0 Å². The van der Waals surface area contributed by atoms with Crippen molar-refractivity contribution in [3.8, 4) is 22.3 Å². The fraction of sp³-hybridized carbons (Fsp3) is 0.250. The summed E-state index contributed by atoms with van der Waals surface area (Å²) in [6.07, 6.45) is 0.110. The Balaban J connectivity index is 1.00. The molecule has 0 aromatic heterocycles. The average Bonchev–Trinajstić information content (AvgIpc) is 3.54. The van der Waals surface area contributed by atoms with Gasteiger partial charge in [0.1, 0.15) is 19.3 Å². The largest absolute Gasteiger partial charge is 0.465 e. The summed E-state index contributed by atoms with van der Waals surface area (Å²) in [5, 5.41) is 5.27. The maximum Gasteiger partial charge on any atom is 0.407 e. The molecule has 218 valence electrons. The van der Waals surface area contributed by atoms with Crippen molar-refractivity contribution < 1.29 is 23.9 Å². The van der Waals surface area contributed by atoms with Crippen LogP contribution < -0.4 is 10.6 Å². The summed E-state index contributed by atoms with van der Waals surface area (Å²) in [6.45, 7) is 0.407. The summed E-state index contributed by atoms with van der Waals surface area (Å²) in [7, 11) is 1.51. The third kappa shape index (κ3) is 5.75. The van der Waals surface area contributed by atoms with Crippen LogP contribution in [0.2, 0.25) is 0 Å². The van der Waals surface area contributed by atoms with E-state index in [0.29, 0.717) is 6.42 Å². The molecule has 4 aromatic carbocycles. The second kappa shape index (κ2) is 12.5. The highest BCUT2D eigenvalue weighted by atomic mass is 16.5. The number of carbonyl (C=O) groups is 3. The van der Waals surface area contributed by atoms with Crippen molar-refractivity contribution in [1.29, 1.82) is 0 Å². The van der Waals surface area contributed by atoms with E-state index in [-0.39, 0.29) is 49.8 Å². The van der Waals surface area contributed by atoms with E-state index in [1.165, 1.54) is 18.2 Å². The van der Waals surface area contributed by atoms with Crippen molar-refractivity contribution in [3.05, 3.63) is 119 Å². The van der Waals surface area contributed by atoms with E-state index in [1.54, 1.807) is 0 Å². The first-order chi connectivity index (χ1) is 21.0. The minimum absolute atomic E-state index is 0.00907. The highest BCUT2D eigenvalue weighted by molar-refractivity contribution is 5.85.